The second-order valence-corrected chi connectivity index (χ2v) is 7.00. The van der Waals surface area contributed by atoms with Gasteiger partial charge < -0.3 is 16.0 Å². The lowest BCUT2D eigenvalue weighted by atomic mass is 10.1. The molecule has 0 saturated carbocycles. The third-order valence-corrected chi connectivity index (χ3v) is 4.89. The molecular weight excluding hydrogens is 435 g/mol. The second kappa shape index (κ2) is 9.92. The Morgan fingerprint density at radius 2 is 1.85 bits per heavy atom. The number of hydrogen-bond donors (Lipinski definition) is 2. The third kappa shape index (κ3) is 5.71. The van der Waals surface area contributed by atoms with E-state index < -0.39 is 0 Å². The normalized spacial score (nSPS) is 14.7. The number of anilines is 1. The van der Waals surface area contributed by atoms with E-state index >= 15 is 0 Å². The van der Waals surface area contributed by atoms with Gasteiger partial charge in [-0.25, -0.2) is 0 Å². The highest BCUT2D eigenvalue weighted by Gasteiger charge is 2.13. The number of nitrogens with zero attached hydrogens (tertiary/aromatic N) is 2. The first-order valence-corrected chi connectivity index (χ1v) is 9.01. The zero-order valence-corrected chi connectivity index (χ0v) is 17.9. The van der Waals surface area contributed by atoms with Gasteiger partial charge in [0.05, 0.1) is 6.54 Å². The fourth-order valence-electron chi connectivity index (χ4n) is 3.34. The van der Waals surface area contributed by atoms with E-state index in [9.17, 15) is 0 Å². The van der Waals surface area contributed by atoms with Gasteiger partial charge in [-0.05, 0) is 68.6 Å². The first-order chi connectivity index (χ1) is 12.1. The van der Waals surface area contributed by atoms with Gasteiger partial charge in [-0.15, -0.1) is 24.0 Å². The first kappa shape index (κ1) is 20.7. The zero-order valence-electron chi connectivity index (χ0n) is 15.6. The molecule has 2 aromatic carbocycles. The Kier molecular flexibility index (Phi) is 7.90. The van der Waals surface area contributed by atoms with Crippen molar-refractivity contribution in [1.82, 2.24) is 4.90 Å². The molecule has 26 heavy (non-hydrogen) atoms. The standard InChI is InChI=1S/C21H28N4.HI/c1-25(2)20(13-16-7-4-3-5-8-16)15-23-21(22)24-19-12-11-17-9-6-10-18(17)14-19;/h3-5,7-8,11-12,14,20H,6,9-10,13,15H2,1-2H3,(H3,22,23,24);1H. The highest BCUT2D eigenvalue weighted by atomic mass is 127. The van der Waals surface area contributed by atoms with Gasteiger partial charge in [0.25, 0.3) is 0 Å². The summed E-state index contributed by atoms with van der Waals surface area (Å²) < 4.78 is 0. The Morgan fingerprint density at radius 3 is 2.58 bits per heavy atom. The molecule has 140 valence electrons. The van der Waals surface area contributed by atoms with Gasteiger partial charge in [0.15, 0.2) is 5.96 Å². The van der Waals surface area contributed by atoms with Crippen LogP contribution in [0.15, 0.2) is 53.5 Å². The first-order valence-electron chi connectivity index (χ1n) is 9.01. The monoisotopic (exact) mass is 464 g/mol. The van der Waals surface area contributed by atoms with Crippen LogP contribution < -0.4 is 11.1 Å². The maximum atomic E-state index is 6.11. The molecule has 5 heteroatoms. The molecule has 0 spiro atoms. The van der Waals surface area contributed by atoms with Crippen LogP contribution in [0.25, 0.3) is 0 Å². The Morgan fingerprint density at radius 1 is 1.12 bits per heavy atom. The minimum atomic E-state index is 0. The summed E-state index contributed by atoms with van der Waals surface area (Å²) >= 11 is 0. The third-order valence-electron chi connectivity index (χ3n) is 4.89. The fourth-order valence-corrected chi connectivity index (χ4v) is 3.34. The molecule has 0 radical (unpaired) electrons. The molecule has 3 rings (SSSR count). The van der Waals surface area contributed by atoms with Crippen LogP contribution in [0.1, 0.15) is 23.1 Å². The van der Waals surface area contributed by atoms with E-state index in [1.807, 2.05) is 6.07 Å². The number of likely N-dealkylation sites (N-methyl/N-ethyl adjacent to an activating group) is 1. The lowest BCUT2D eigenvalue weighted by Gasteiger charge is -2.23. The average molecular weight is 464 g/mol. The summed E-state index contributed by atoms with van der Waals surface area (Å²) in [6.45, 7) is 0.672. The van der Waals surface area contributed by atoms with Gasteiger partial charge in [0.2, 0.25) is 0 Å². The topological polar surface area (TPSA) is 53.6 Å². The van der Waals surface area contributed by atoms with Gasteiger partial charge in [-0.1, -0.05) is 36.4 Å². The highest BCUT2D eigenvalue weighted by molar-refractivity contribution is 14.0. The number of aliphatic imine (C=N–C) groups is 1. The SMILES string of the molecule is CN(C)C(CN=C(N)Nc1ccc2c(c1)CCC2)Cc1ccccc1.I. The van der Waals surface area contributed by atoms with Crippen LogP contribution in [0.2, 0.25) is 0 Å². The average Bonchev–Trinajstić information content (AvgIpc) is 3.07. The number of guanidine groups is 1. The molecular formula is C21H29IN4. The summed E-state index contributed by atoms with van der Waals surface area (Å²) in [5.41, 5.74) is 11.4. The van der Waals surface area contributed by atoms with Crippen LogP contribution in [0, 0.1) is 0 Å². The highest BCUT2D eigenvalue weighted by Crippen LogP contribution is 2.24. The number of hydrogen-bond acceptors (Lipinski definition) is 2. The molecule has 3 N–H and O–H groups in total. The van der Waals surface area contributed by atoms with Crippen molar-refractivity contribution in [3.63, 3.8) is 0 Å². The van der Waals surface area contributed by atoms with Crippen LogP contribution in [-0.2, 0) is 19.3 Å². The lowest BCUT2D eigenvalue weighted by molar-refractivity contribution is 0.298. The van der Waals surface area contributed by atoms with Crippen molar-refractivity contribution < 1.29 is 0 Å². The van der Waals surface area contributed by atoms with Crippen LogP contribution in [0.4, 0.5) is 5.69 Å². The summed E-state index contributed by atoms with van der Waals surface area (Å²) in [7, 11) is 4.18. The molecule has 1 aliphatic carbocycles. The van der Waals surface area contributed by atoms with E-state index in [1.165, 1.54) is 36.0 Å². The molecule has 1 aliphatic rings. The molecule has 4 nitrogen and oxygen atoms in total. The Bertz CT molecular complexity index is 728. The van der Waals surface area contributed by atoms with Crippen molar-refractivity contribution in [3.05, 3.63) is 65.2 Å². The van der Waals surface area contributed by atoms with Crippen molar-refractivity contribution in [2.24, 2.45) is 10.7 Å². The van der Waals surface area contributed by atoms with Crippen molar-refractivity contribution >= 4 is 35.6 Å². The number of fused-ring (bicyclic) bond motifs is 1. The summed E-state index contributed by atoms with van der Waals surface area (Å²) in [4.78, 5) is 6.78. The predicted octanol–water partition coefficient (Wildman–Crippen LogP) is 3.69. The smallest absolute Gasteiger partial charge is 0.193 e. The van der Waals surface area contributed by atoms with E-state index in [0.29, 0.717) is 18.5 Å². The molecule has 0 fully saturated rings. The lowest BCUT2D eigenvalue weighted by Crippen LogP contribution is -2.34. The molecule has 0 saturated heterocycles. The number of rotatable bonds is 6. The Balaban J connectivity index is 0.00000243. The largest absolute Gasteiger partial charge is 0.370 e. The molecule has 0 aliphatic heterocycles. The van der Waals surface area contributed by atoms with Gasteiger partial charge >= 0.3 is 0 Å². The van der Waals surface area contributed by atoms with Crippen LogP contribution in [0.5, 0.6) is 0 Å². The van der Waals surface area contributed by atoms with Gasteiger partial charge in [0.1, 0.15) is 0 Å². The zero-order chi connectivity index (χ0) is 17.6. The summed E-state index contributed by atoms with van der Waals surface area (Å²) in [6.07, 6.45) is 4.58. The summed E-state index contributed by atoms with van der Waals surface area (Å²) in [5.74, 6) is 0.484. The number of halogens is 1. The number of nitrogens with one attached hydrogen (secondary N) is 1. The van der Waals surface area contributed by atoms with E-state index in [0.717, 1.165) is 12.1 Å². The summed E-state index contributed by atoms with van der Waals surface area (Å²) in [5, 5.41) is 3.24. The molecule has 0 heterocycles. The van der Waals surface area contributed by atoms with E-state index in [2.05, 4.69) is 71.8 Å². The van der Waals surface area contributed by atoms with Crippen molar-refractivity contribution in [1.29, 1.82) is 0 Å². The Labute approximate surface area is 173 Å². The van der Waals surface area contributed by atoms with E-state index in [-0.39, 0.29) is 24.0 Å². The van der Waals surface area contributed by atoms with Crippen LogP contribution in [0.3, 0.4) is 0 Å². The number of nitrogens with two attached hydrogens (primary N) is 1. The van der Waals surface area contributed by atoms with Crippen LogP contribution in [-0.4, -0.2) is 37.5 Å². The van der Waals surface area contributed by atoms with E-state index in [4.69, 9.17) is 5.73 Å². The maximum Gasteiger partial charge on any atom is 0.193 e. The molecule has 1 unspecified atom stereocenters. The van der Waals surface area contributed by atoms with Crippen molar-refractivity contribution in [3.8, 4) is 0 Å². The molecule has 2 aromatic rings. The minimum absolute atomic E-state index is 0. The second-order valence-electron chi connectivity index (χ2n) is 7.00. The molecule has 0 aromatic heterocycles. The number of benzene rings is 2. The molecule has 1 atom stereocenters. The number of aryl methyl sites for hydroxylation is 2. The maximum absolute atomic E-state index is 6.11. The Hall–Kier alpha value is -1.60. The molecule has 0 amide bonds. The van der Waals surface area contributed by atoms with Crippen molar-refractivity contribution in [2.75, 3.05) is 26.0 Å². The predicted molar refractivity (Wildman–Crippen MR) is 122 cm³/mol. The van der Waals surface area contributed by atoms with Gasteiger partial charge in [-0.2, -0.15) is 0 Å². The van der Waals surface area contributed by atoms with Gasteiger partial charge in [0, 0.05) is 11.7 Å². The molecule has 0 bridgehead atoms. The minimum Gasteiger partial charge on any atom is -0.370 e. The van der Waals surface area contributed by atoms with E-state index in [1.54, 1.807) is 0 Å². The van der Waals surface area contributed by atoms with Crippen LogP contribution >= 0.6 is 24.0 Å². The van der Waals surface area contributed by atoms with Gasteiger partial charge in [-0.3, -0.25) is 4.99 Å². The van der Waals surface area contributed by atoms with Crippen molar-refractivity contribution in [2.45, 2.75) is 31.7 Å². The quantitative estimate of drug-likeness (QED) is 0.390. The summed E-state index contributed by atoms with van der Waals surface area (Å²) in [6, 6.07) is 17.4. The fraction of sp³-hybridized carbons (Fsp3) is 0.381.